The van der Waals surface area contributed by atoms with E-state index in [1.165, 1.54) is 0 Å². The lowest BCUT2D eigenvalue weighted by molar-refractivity contribution is 0.0726. The Labute approximate surface area is 216 Å². The number of nitrogens with two attached hydrogens (primary N) is 1. The molecule has 1 aliphatic heterocycles. The van der Waals surface area contributed by atoms with Gasteiger partial charge in [-0.2, -0.15) is 0 Å². The minimum absolute atomic E-state index is 0.0208. The Morgan fingerprint density at radius 2 is 1.89 bits per heavy atom. The molecule has 0 saturated heterocycles. The summed E-state index contributed by atoms with van der Waals surface area (Å²) < 4.78 is 2.14. The highest BCUT2D eigenvalue weighted by Gasteiger charge is 2.37. The van der Waals surface area contributed by atoms with Crippen LogP contribution >= 0.6 is 0 Å². The van der Waals surface area contributed by atoms with E-state index in [1.54, 1.807) is 4.90 Å². The zero-order valence-electron chi connectivity index (χ0n) is 21.5. The second-order valence-electron chi connectivity index (χ2n) is 10.0. The second-order valence-corrected chi connectivity index (χ2v) is 10.0. The van der Waals surface area contributed by atoms with Crippen LogP contribution in [0.25, 0.3) is 27.8 Å². The number of nitrogens with zero attached hydrogens (tertiary/aromatic N) is 5. The molecule has 0 radical (unpaired) electrons. The fourth-order valence-electron chi connectivity index (χ4n) is 5.45. The third kappa shape index (κ3) is 3.63. The highest BCUT2D eigenvalue weighted by Crippen LogP contribution is 2.39. The summed E-state index contributed by atoms with van der Waals surface area (Å²) in [7, 11) is 1.86. The fraction of sp³-hybridized carbons (Fsp3) is 0.333. The van der Waals surface area contributed by atoms with Gasteiger partial charge in [0.2, 0.25) is 0 Å². The molecule has 2 aromatic carbocycles. The molecule has 4 aromatic rings. The summed E-state index contributed by atoms with van der Waals surface area (Å²) in [6, 6.07) is 11.8. The molecule has 1 unspecified atom stereocenters. The quantitative estimate of drug-likeness (QED) is 0.403. The highest BCUT2D eigenvalue weighted by atomic mass is 16.2. The van der Waals surface area contributed by atoms with Crippen molar-refractivity contribution < 1.29 is 4.79 Å². The van der Waals surface area contributed by atoms with Crippen molar-refractivity contribution in [3.63, 3.8) is 0 Å². The average molecular weight is 491 g/mol. The number of carbonyl (C=O) groups excluding carboxylic acids is 1. The molecule has 7 nitrogen and oxygen atoms in total. The Balaban J connectivity index is 1.57. The van der Waals surface area contributed by atoms with Crippen LogP contribution < -0.4 is 5.73 Å². The van der Waals surface area contributed by atoms with Gasteiger partial charge in [-0.3, -0.25) is 9.36 Å². The first kappa shape index (κ1) is 23.4. The maximum atomic E-state index is 13.6. The SMILES string of the molecule is CCC#Cc1cccc2c1-n1c(nc3ccc(-c4cnc(C5(N)CCC5)nc4)cc31)C(CC)N(C)C2=O. The lowest BCUT2D eigenvalue weighted by Crippen LogP contribution is -2.44. The first-order chi connectivity index (χ1) is 17.9. The molecule has 1 saturated carbocycles. The normalized spacial score (nSPS) is 17.9. The number of hydrogen-bond acceptors (Lipinski definition) is 5. The van der Waals surface area contributed by atoms with Gasteiger partial charge in [0.25, 0.3) is 5.91 Å². The lowest BCUT2D eigenvalue weighted by Gasteiger charge is -2.36. The molecule has 1 fully saturated rings. The number of rotatable bonds is 3. The third-order valence-corrected chi connectivity index (χ3v) is 7.72. The Bertz CT molecular complexity index is 1590. The number of imidazole rings is 1. The van der Waals surface area contributed by atoms with Crippen molar-refractivity contribution >= 4 is 16.9 Å². The molecule has 2 aliphatic rings. The zero-order chi connectivity index (χ0) is 25.7. The molecule has 1 amide bonds. The van der Waals surface area contributed by atoms with E-state index < -0.39 is 5.54 Å². The van der Waals surface area contributed by atoms with Gasteiger partial charge in [-0.25, -0.2) is 15.0 Å². The topological polar surface area (TPSA) is 89.9 Å². The molecular formula is C30H30N6O. The van der Waals surface area contributed by atoms with Crippen LogP contribution in [0.5, 0.6) is 0 Å². The minimum Gasteiger partial charge on any atom is -0.331 e. The smallest absolute Gasteiger partial charge is 0.256 e. The first-order valence-corrected chi connectivity index (χ1v) is 13.0. The molecule has 1 atom stereocenters. The first-order valence-electron chi connectivity index (χ1n) is 13.0. The highest BCUT2D eigenvalue weighted by molar-refractivity contribution is 6.01. The number of para-hydroxylation sites is 1. The van der Waals surface area contributed by atoms with Crippen LogP contribution in [0.3, 0.4) is 0 Å². The summed E-state index contributed by atoms with van der Waals surface area (Å²) in [5, 5.41) is 0. The molecule has 1 aliphatic carbocycles. The number of benzene rings is 2. The third-order valence-electron chi connectivity index (χ3n) is 7.72. The summed E-state index contributed by atoms with van der Waals surface area (Å²) in [4.78, 5) is 29.7. The van der Waals surface area contributed by atoms with Crippen molar-refractivity contribution in [3.8, 4) is 28.7 Å². The summed E-state index contributed by atoms with van der Waals surface area (Å²) in [5.74, 6) is 8.01. The van der Waals surface area contributed by atoms with Crippen molar-refractivity contribution in [2.75, 3.05) is 7.05 Å². The Hall–Kier alpha value is -4.02. The van der Waals surface area contributed by atoms with Crippen LogP contribution in [0.4, 0.5) is 0 Å². The van der Waals surface area contributed by atoms with Gasteiger partial charge in [-0.1, -0.05) is 37.8 Å². The van der Waals surface area contributed by atoms with Gasteiger partial charge in [0.15, 0.2) is 0 Å². The largest absolute Gasteiger partial charge is 0.331 e. The monoisotopic (exact) mass is 490 g/mol. The Kier molecular flexibility index (Phi) is 5.58. The maximum Gasteiger partial charge on any atom is 0.256 e. The number of hydrogen-bond donors (Lipinski definition) is 1. The van der Waals surface area contributed by atoms with Crippen LogP contribution in [0, 0.1) is 11.8 Å². The molecule has 2 aromatic heterocycles. The van der Waals surface area contributed by atoms with Crippen LogP contribution in [-0.2, 0) is 5.54 Å². The van der Waals surface area contributed by atoms with Crippen LogP contribution in [0.15, 0.2) is 48.8 Å². The van der Waals surface area contributed by atoms with Crippen LogP contribution in [0.1, 0.15) is 79.6 Å². The predicted octanol–water partition coefficient (Wildman–Crippen LogP) is 5.12. The van der Waals surface area contributed by atoms with Gasteiger partial charge >= 0.3 is 0 Å². The number of amides is 1. The van der Waals surface area contributed by atoms with E-state index >= 15 is 0 Å². The molecular weight excluding hydrogens is 460 g/mol. The van der Waals surface area contributed by atoms with Gasteiger partial charge < -0.3 is 10.6 Å². The van der Waals surface area contributed by atoms with Crippen LogP contribution in [0.2, 0.25) is 0 Å². The van der Waals surface area contributed by atoms with E-state index in [2.05, 4.69) is 45.4 Å². The molecule has 186 valence electrons. The predicted molar refractivity (Wildman–Crippen MR) is 144 cm³/mol. The molecule has 7 heteroatoms. The maximum absolute atomic E-state index is 13.6. The summed E-state index contributed by atoms with van der Waals surface area (Å²) in [6.45, 7) is 4.11. The minimum atomic E-state index is -0.390. The molecule has 0 spiro atoms. The van der Waals surface area contributed by atoms with E-state index in [0.29, 0.717) is 11.4 Å². The van der Waals surface area contributed by atoms with E-state index in [0.717, 1.165) is 71.3 Å². The average Bonchev–Trinajstić information content (AvgIpc) is 3.24. The molecule has 6 rings (SSSR count). The van der Waals surface area contributed by atoms with Crippen molar-refractivity contribution in [2.24, 2.45) is 5.73 Å². The standard InChI is InChI=1S/C30H30N6O/c1-4-6-9-19-10-7-11-22-26(19)36-25-16-20(21-17-32-29(33-18-21)30(31)14-8-15-30)12-13-23(25)34-27(36)24(5-2)35(3)28(22)37/h7,10-13,16-18,24H,4-5,8,14-15,31H2,1-3H3. The van der Waals surface area contributed by atoms with Crippen LogP contribution in [-0.4, -0.2) is 37.4 Å². The number of aromatic nitrogens is 4. The van der Waals surface area contributed by atoms with Gasteiger partial charge in [0.1, 0.15) is 11.6 Å². The Morgan fingerprint density at radius 1 is 1.11 bits per heavy atom. The van der Waals surface area contributed by atoms with E-state index in [9.17, 15) is 4.79 Å². The molecule has 0 bridgehead atoms. The zero-order valence-corrected chi connectivity index (χ0v) is 21.5. The van der Waals surface area contributed by atoms with Crippen molar-refractivity contribution in [3.05, 3.63) is 71.6 Å². The Morgan fingerprint density at radius 3 is 2.57 bits per heavy atom. The van der Waals surface area contributed by atoms with Gasteiger partial charge in [-0.05, 0) is 55.5 Å². The fourth-order valence-corrected chi connectivity index (χ4v) is 5.45. The summed E-state index contributed by atoms with van der Waals surface area (Å²) >= 11 is 0. The number of carbonyl (C=O) groups is 1. The van der Waals surface area contributed by atoms with Crippen molar-refractivity contribution in [2.45, 2.75) is 57.5 Å². The molecule has 37 heavy (non-hydrogen) atoms. The van der Waals surface area contributed by atoms with Gasteiger partial charge in [0, 0.05) is 37.0 Å². The summed E-state index contributed by atoms with van der Waals surface area (Å²) in [5.41, 5.74) is 12.0. The van der Waals surface area contributed by atoms with Gasteiger partial charge in [0.05, 0.1) is 33.9 Å². The van der Waals surface area contributed by atoms with E-state index in [4.69, 9.17) is 10.7 Å². The van der Waals surface area contributed by atoms with E-state index in [-0.39, 0.29) is 11.9 Å². The second kappa shape index (κ2) is 8.82. The van der Waals surface area contributed by atoms with Crippen molar-refractivity contribution in [1.82, 2.24) is 24.4 Å². The molecule has 2 N–H and O–H groups in total. The van der Waals surface area contributed by atoms with Crippen molar-refractivity contribution in [1.29, 1.82) is 0 Å². The van der Waals surface area contributed by atoms with Gasteiger partial charge in [-0.15, -0.1) is 0 Å². The number of fused-ring (bicyclic) bond motifs is 5. The molecule has 3 heterocycles. The summed E-state index contributed by atoms with van der Waals surface area (Å²) in [6.07, 6.45) is 8.16. The lowest BCUT2D eigenvalue weighted by atomic mass is 9.77. The van der Waals surface area contributed by atoms with E-state index in [1.807, 2.05) is 50.6 Å².